The van der Waals surface area contributed by atoms with Gasteiger partial charge in [-0.15, -0.1) is 0 Å². The van der Waals surface area contributed by atoms with Crippen molar-refractivity contribution in [2.45, 2.75) is 50.7 Å². The molecule has 0 aromatic heterocycles. The van der Waals surface area contributed by atoms with Gasteiger partial charge in [0, 0.05) is 19.1 Å². The summed E-state index contributed by atoms with van der Waals surface area (Å²) in [6, 6.07) is 0.624. The first-order valence-electron chi connectivity index (χ1n) is 7.00. The molecule has 0 spiro atoms. The zero-order chi connectivity index (χ0) is 12.8. The van der Waals surface area contributed by atoms with Gasteiger partial charge in [-0.05, 0) is 32.1 Å². The number of nitrogens with zero attached hydrogens (tertiary/aromatic N) is 1. The molecular formula is C14H23NO3. The molecule has 0 amide bonds. The Morgan fingerprint density at radius 2 is 2.11 bits per heavy atom. The highest BCUT2D eigenvalue weighted by molar-refractivity contribution is 5.66. The number of allylic oxidation sites excluding steroid dienone is 1. The van der Waals surface area contributed by atoms with Crippen molar-refractivity contribution in [3.05, 3.63) is 12.2 Å². The average Bonchev–Trinajstić information content (AvgIpc) is 2.40. The van der Waals surface area contributed by atoms with E-state index >= 15 is 0 Å². The van der Waals surface area contributed by atoms with Crippen molar-refractivity contribution in [2.75, 3.05) is 19.7 Å². The number of aliphatic carboxylic acids is 1. The van der Waals surface area contributed by atoms with E-state index in [9.17, 15) is 4.79 Å². The van der Waals surface area contributed by atoms with Crippen molar-refractivity contribution in [1.82, 2.24) is 4.90 Å². The van der Waals surface area contributed by atoms with Crippen molar-refractivity contribution in [3.8, 4) is 0 Å². The van der Waals surface area contributed by atoms with Gasteiger partial charge in [0.25, 0.3) is 0 Å². The highest BCUT2D eigenvalue weighted by Gasteiger charge is 2.24. The van der Waals surface area contributed by atoms with E-state index in [1.165, 1.54) is 19.3 Å². The van der Waals surface area contributed by atoms with E-state index in [0.717, 1.165) is 25.9 Å². The third-order valence-corrected chi connectivity index (χ3v) is 3.84. The monoisotopic (exact) mass is 253 g/mol. The molecule has 0 saturated carbocycles. The molecule has 0 aromatic carbocycles. The highest BCUT2D eigenvalue weighted by Crippen LogP contribution is 2.22. The van der Waals surface area contributed by atoms with E-state index in [0.29, 0.717) is 12.6 Å². The SMILES string of the molecule is O=C(O)CCOC1CCN(C2C=CCCC2)CC1. The number of hydrogen-bond acceptors (Lipinski definition) is 3. The lowest BCUT2D eigenvalue weighted by Gasteiger charge is -2.37. The van der Waals surface area contributed by atoms with E-state index in [1.54, 1.807) is 0 Å². The Bertz CT molecular complexity index is 295. The Kier molecular flexibility index (Phi) is 5.20. The minimum absolute atomic E-state index is 0.117. The maximum absolute atomic E-state index is 10.4. The number of piperidine rings is 1. The number of carboxylic acids is 1. The molecule has 1 heterocycles. The number of carboxylic acid groups (broad SMARTS) is 1. The second-order valence-electron chi connectivity index (χ2n) is 5.18. The van der Waals surface area contributed by atoms with Crippen LogP contribution in [0.4, 0.5) is 0 Å². The van der Waals surface area contributed by atoms with Crippen LogP contribution in [0.1, 0.15) is 38.5 Å². The Labute approximate surface area is 109 Å². The van der Waals surface area contributed by atoms with Crippen LogP contribution in [0.15, 0.2) is 12.2 Å². The van der Waals surface area contributed by atoms with Crippen LogP contribution in [0, 0.1) is 0 Å². The zero-order valence-corrected chi connectivity index (χ0v) is 10.9. The van der Waals surface area contributed by atoms with Gasteiger partial charge in [0.15, 0.2) is 0 Å². The molecule has 1 unspecified atom stereocenters. The molecule has 18 heavy (non-hydrogen) atoms. The average molecular weight is 253 g/mol. The molecule has 1 aliphatic heterocycles. The second kappa shape index (κ2) is 6.90. The van der Waals surface area contributed by atoms with Gasteiger partial charge in [-0.1, -0.05) is 12.2 Å². The van der Waals surface area contributed by atoms with Gasteiger partial charge in [-0.3, -0.25) is 9.69 Å². The van der Waals surface area contributed by atoms with Gasteiger partial charge >= 0.3 is 5.97 Å². The molecular weight excluding hydrogens is 230 g/mol. The van der Waals surface area contributed by atoms with E-state index in [1.807, 2.05) is 0 Å². The fourth-order valence-corrected chi connectivity index (χ4v) is 2.79. The molecule has 2 rings (SSSR count). The molecule has 2 aliphatic rings. The number of hydrogen-bond donors (Lipinski definition) is 1. The maximum atomic E-state index is 10.4. The Morgan fingerprint density at radius 3 is 2.72 bits per heavy atom. The van der Waals surface area contributed by atoms with Gasteiger partial charge in [-0.25, -0.2) is 0 Å². The van der Waals surface area contributed by atoms with Crippen molar-refractivity contribution in [1.29, 1.82) is 0 Å². The predicted molar refractivity (Wildman–Crippen MR) is 69.6 cm³/mol. The zero-order valence-electron chi connectivity index (χ0n) is 10.9. The van der Waals surface area contributed by atoms with E-state index < -0.39 is 5.97 Å². The first-order valence-corrected chi connectivity index (χ1v) is 7.00. The summed E-state index contributed by atoms with van der Waals surface area (Å²) in [4.78, 5) is 12.9. The van der Waals surface area contributed by atoms with Gasteiger partial charge in [0.05, 0.1) is 19.1 Å². The molecule has 102 valence electrons. The van der Waals surface area contributed by atoms with Gasteiger partial charge in [-0.2, -0.15) is 0 Å². The predicted octanol–water partition coefficient (Wildman–Crippen LogP) is 2.05. The van der Waals surface area contributed by atoms with Crippen LogP contribution in [0.2, 0.25) is 0 Å². The minimum Gasteiger partial charge on any atom is -0.481 e. The fourth-order valence-electron chi connectivity index (χ4n) is 2.79. The number of rotatable bonds is 5. The first-order chi connectivity index (χ1) is 8.75. The molecule has 1 saturated heterocycles. The summed E-state index contributed by atoms with van der Waals surface area (Å²) in [7, 11) is 0. The van der Waals surface area contributed by atoms with Crippen LogP contribution in [-0.4, -0.2) is 47.8 Å². The van der Waals surface area contributed by atoms with E-state index in [4.69, 9.17) is 9.84 Å². The van der Waals surface area contributed by atoms with Gasteiger partial charge < -0.3 is 9.84 Å². The van der Waals surface area contributed by atoms with E-state index in [-0.39, 0.29) is 12.5 Å². The third kappa shape index (κ3) is 4.10. The highest BCUT2D eigenvalue weighted by atomic mass is 16.5. The Hall–Kier alpha value is -0.870. The lowest BCUT2D eigenvalue weighted by Crippen LogP contribution is -2.43. The summed E-state index contributed by atoms with van der Waals surface area (Å²) in [5.41, 5.74) is 0. The van der Waals surface area contributed by atoms with Crippen LogP contribution in [0.25, 0.3) is 0 Å². The summed E-state index contributed by atoms with van der Waals surface area (Å²) in [5.74, 6) is -0.778. The molecule has 4 heteroatoms. The summed E-state index contributed by atoms with van der Waals surface area (Å²) in [5, 5.41) is 8.56. The molecule has 4 nitrogen and oxygen atoms in total. The smallest absolute Gasteiger partial charge is 0.305 e. The minimum atomic E-state index is -0.778. The molecule has 0 aromatic rings. The number of ether oxygens (including phenoxy) is 1. The third-order valence-electron chi connectivity index (χ3n) is 3.84. The Balaban J connectivity index is 1.66. The molecule has 1 atom stereocenters. The van der Waals surface area contributed by atoms with Gasteiger partial charge in [0.1, 0.15) is 0 Å². The lowest BCUT2D eigenvalue weighted by atomic mass is 9.98. The Morgan fingerprint density at radius 1 is 1.33 bits per heavy atom. The van der Waals surface area contributed by atoms with Crippen LogP contribution in [-0.2, 0) is 9.53 Å². The summed E-state index contributed by atoms with van der Waals surface area (Å²) < 4.78 is 5.60. The van der Waals surface area contributed by atoms with Crippen molar-refractivity contribution >= 4 is 5.97 Å². The van der Waals surface area contributed by atoms with Crippen molar-refractivity contribution < 1.29 is 14.6 Å². The second-order valence-corrected chi connectivity index (χ2v) is 5.18. The molecule has 1 fully saturated rings. The van der Waals surface area contributed by atoms with E-state index in [2.05, 4.69) is 17.1 Å². The maximum Gasteiger partial charge on any atom is 0.305 e. The van der Waals surface area contributed by atoms with Crippen LogP contribution in [0.3, 0.4) is 0 Å². The molecule has 1 aliphatic carbocycles. The summed E-state index contributed by atoms with van der Waals surface area (Å²) >= 11 is 0. The first kappa shape index (κ1) is 13.6. The van der Waals surface area contributed by atoms with Crippen LogP contribution >= 0.6 is 0 Å². The quantitative estimate of drug-likeness (QED) is 0.762. The normalized spacial score (nSPS) is 26.3. The standard InChI is InChI=1S/C14H23NO3/c16-14(17)8-11-18-13-6-9-15(10-7-13)12-4-2-1-3-5-12/h2,4,12-13H,1,3,5-11H2,(H,16,17). The lowest BCUT2D eigenvalue weighted by molar-refractivity contribution is -0.138. The summed E-state index contributed by atoms with van der Waals surface area (Å²) in [6.45, 7) is 2.50. The number of likely N-dealkylation sites (tertiary alicyclic amines) is 1. The fraction of sp³-hybridized carbons (Fsp3) is 0.786. The van der Waals surface area contributed by atoms with Crippen LogP contribution < -0.4 is 0 Å². The van der Waals surface area contributed by atoms with Crippen molar-refractivity contribution in [2.24, 2.45) is 0 Å². The van der Waals surface area contributed by atoms with Crippen LogP contribution in [0.5, 0.6) is 0 Å². The molecule has 0 bridgehead atoms. The topological polar surface area (TPSA) is 49.8 Å². The van der Waals surface area contributed by atoms with Crippen molar-refractivity contribution in [3.63, 3.8) is 0 Å². The largest absolute Gasteiger partial charge is 0.481 e. The molecule has 0 radical (unpaired) electrons. The van der Waals surface area contributed by atoms with Gasteiger partial charge in [0.2, 0.25) is 0 Å². The number of carbonyl (C=O) groups is 1. The molecule has 1 N–H and O–H groups in total. The summed E-state index contributed by atoms with van der Waals surface area (Å²) in [6.07, 6.45) is 10.9.